The van der Waals surface area contributed by atoms with Crippen molar-refractivity contribution in [2.45, 2.75) is 26.7 Å². The van der Waals surface area contributed by atoms with Gasteiger partial charge in [-0.3, -0.25) is 0 Å². The van der Waals surface area contributed by atoms with Crippen LogP contribution in [0.3, 0.4) is 0 Å². The summed E-state index contributed by atoms with van der Waals surface area (Å²) in [4.78, 5) is 0. The van der Waals surface area contributed by atoms with Crippen LogP contribution >= 0.6 is 27.5 Å². The lowest BCUT2D eigenvalue weighted by atomic mass is 10.3. The Bertz CT molecular complexity index is 342. The molecule has 0 aromatic heterocycles. The van der Waals surface area contributed by atoms with Gasteiger partial charge in [0.15, 0.2) is 11.5 Å². The molecule has 0 atom stereocenters. The standard InChI is InChI=1S/C12H16BrClO2/c1-3-5-6-16-11-8-9(13)7-10(14)12(11)15-4-2/h7-8H,3-6H2,1-2H3. The lowest BCUT2D eigenvalue weighted by Gasteiger charge is -2.13. The van der Waals surface area contributed by atoms with Gasteiger partial charge in [-0.25, -0.2) is 0 Å². The molecule has 1 aromatic carbocycles. The number of unbranched alkanes of at least 4 members (excludes halogenated alkanes) is 1. The molecule has 0 aliphatic carbocycles. The van der Waals surface area contributed by atoms with Crippen LogP contribution in [-0.2, 0) is 0 Å². The first-order valence-corrected chi connectivity index (χ1v) is 6.60. The molecule has 0 heterocycles. The monoisotopic (exact) mass is 306 g/mol. The van der Waals surface area contributed by atoms with Crippen molar-refractivity contribution in [2.24, 2.45) is 0 Å². The Balaban J connectivity index is 2.85. The van der Waals surface area contributed by atoms with Gasteiger partial charge >= 0.3 is 0 Å². The lowest BCUT2D eigenvalue weighted by Crippen LogP contribution is -2.01. The normalized spacial score (nSPS) is 10.2. The first-order valence-electron chi connectivity index (χ1n) is 5.43. The first kappa shape index (κ1) is 13.7. The Labute approximate surface area is 110 Å². The van der Waals surface area contributed by atoms with E-state index in [-0.39, 0.29) is 0 Å². The molecule has 1 aromatic rings. The summed E-state index contributed by atoms with van der Waals surface area (Å²) in [5.41, 5.74) is 0. The van der Waals surface area contributed by atoms with Crippen molar-refractivity contribution in [2.75, 3.05) is 13.2 Å². The van der Waals surface area contributed by atoms with E-state index in [1.165, 1.54) is 0 Å². The highest BCUT2D eigenvalue weighted by Gasteiger charge is 2.11. The number of hydrogen-bond acceptors (Lipinski definition) is 2. The second kappa shape index (κ2) is 7.02. The molecule has 90 valence electrons. The van der Waals surface area contributed by atoms with E-state index >= 15 is 0 Å². The van der Waals surface area contributed by atoms with Crippen LogP contribution in [0, 0.1) is 0 Å². The predicted octanol–water partition coefficient (Wildman–Crippen LogP) is 4.68. The molecular formula is C12H16BrClO2. The van der Waals surface area contributed by atoms with E-state index < -0.39 is 0 Å². The Hall–Kier alpha value is -0.410. The number of benzene rings is 1. The van der Waals surface area contributed by atoms with Gasteiger partial charge in [-0.1, -0.05) is 40.9 Å². The van der Waals surface area contributed by atoms with Crippen molar-refractivity contribution < 1.29 is 9.47 Å². The number of ether oxygens (including phenoxy) is 2. The maximum Gasteiger partial charge on any atom is 0.179 e. The van der Waals surface area contributed by atoms with Crippen LogP contribution in [0.1, 0.15) is 26.7 Å². The third-order valence-electron chi connectivity index (χ3n) is 2.02. The maximum absolute atomic E-state index is 6.09. The summed E-state index contributed by atoms with van der Waals surface area (Å²) < 4.78 is 12.0. The van der Waals surface area contributed by atoms with Crippen LogP contribution in [-0.4, -0.2) is 13.2 Å². The van der Waals surface area contributed by atoms with Crippen LogP contribution in [0.5, 0.6) is 11.5 Å². The smallest absolute Gasteiger partial charge is 0.179 e. The molecule has 0 amide bonds. The van der Waals surface area contributed by atoms with Gasteiger partial charge in [0.05, 0.1) is 18.2 Å². The molecule has 0 bridgehead atoms. The van der Waals surface area contributed by atoms with E-state index in [1.807, 2.05) is 13.0 Å². The molecular weight excluding hydrogens is 291 g/mol. The SMILES string of the molecule is CCCCOc1cc(Br)cc(Cl)c1OCC. The fourth-order valence-electron chi connectivity index (χ4n) is 1.25. The Morgan fingerprint density at radius 1 is 1.25 bits per heavy atom. The predicted molar refractivity (Wildman–Crippen MR) is 70.7 cm³/mol. The molecule has 0 fully saturated rings. The number of hydrogen-bond donors (Lipinski definition) is 0. The van der Waals surface area contributed by atoms with Gasteiger partial charge in [-0.05, 0) is 25.5 Å². The Morgan fingerprint density at radius 2 is 2.00 bits per heavy atom. The van der Waals surface area contributed by atoms with Gasteiger partial charge in [0.25, 0.3) is 0 Å². The molecule has 4 heteroatoms. The van der Waals surface area contributed by atoms with Crippen LogP contribution in [0.2, 0.25) is 5.02 Å². The Kier molecular flexibility index (Phi) is 5.99. The summed E-state index contributed by atoms with van der Waals surface area (Å²) in [5, 5.41) is 0.572. The number of rotatable bonds is 6. The molecule has 2 nitrogen and oxygen atoms in total. The minimum atomic E-state index is 0.572. The van der Waals surface area contributed by atoms with Crippen LogP contribution < -0.4 is 9.47 Å². The van der Waals surface area contributed by atoms with E-state index in [9.17, 15) is 0 Å². The van der Waals surface area contributed by atoms with Gasteiger partial charge in [0.1, 0.15) is 0 Å². The minimum absolute atomic E-state index is 0.572. The van der Waals surface area contributed by atoms with Crippen LogP contribution in [0.4, 0.5) is 0 Å². The second-order valence-corrected chi connectivity index (χ2v) is 4.67. The molecule has 0 radical (unpaired) electrons. The van der Waals surface area contributed by atoms with E-state index in [2.05, 4.69) is 22.9 Å². The molecule has 0 aliphatic rings. The van der Waals surface area contributed by atoms with E-state index in [0.29, 0.717) is 29.7 Å². The first-order chi connectivity index (χ1) is 7.69. The third kappa shape index (κ3) is 3.87. The molecule has 0 saturated heterocycles. The number of halogens is 2. The summed E-state index contributed by atoms with van der Waals surface area (Å²) in [6, 6.07) is 3.69. The van der Waals surface area contributed by atoms with E-state index in [0.717, 1.165) is 17.3 Å². The summed E-state index contributed by atoms with van der Waals surface area (Å²) in [7, 11) is 0. The second-order valence-electron chi connectivity index (χ2n) is 3.35. The summed E-state index contributed by atoms with van der Waals surface area (Å²) in [5.74, 6) is 1.33. The summed E-state index contributed by atoms with van der Waals surface area (Å²) >= 11 is 9.48. The third-order valence-corrected chi connectivity index (χ3v) is 2.76. The zero-order valence-electron chi connectivity index (χ0n) is 9.56. The van der Waals surface area contributed by atoms with Crippen LogP contribution in [0.25, 0.3) is 0 Å². The fourth-order valence-corrected chi connectivity index (χ4v) is 2.09. The van der Waals surface area contributed by atoms with Crippen molar-refractivity contribution in [3.8, 4) is 11.5 Å². The summed E-state index contributed by atoms with van der Waals surface area (Å²) in [6.07, 6.45) is 2.13. The largest absolute Gasteiger partial charge is 0.490 e. The van der Waals surface area contributed by atoms with Crippen molar-refractivity contribution in [1.82, 2.24) is 0 Å². The van der Waals surface area contributed by atoms with Gasteiger partial charge < -0.3 is 9.47 Å². The topological polar surface area (TPSA) is 18.5 Å². The van der Waals surface area contributed by atoms with Gasteiger partial charge in [0, 0.05) is 4.47 Å². The van der Waals surface area contributed by atoms with Crippen molar-refractivity contribution in [1.29, 1.82) is 0 Å². The molecule has 1 rings (SSSR count). The minimum Gasteiger partial charge on any atom is -0.490 e. The molecule has 16 heavy (non-hydrogen) atoms. The Morgan fingerprint density at radius 3 is 2.62 bits per heavy atom. The molecule has 0 unspecified atom stereocenters. The average molecular weight is 308 g/mol. The van der Waals surface area contributed by atoms with Gasteiger partial charge in [0.2, 0.25) is 0 Å². The fraction of sp³-hybridized carbons (Fsp3) is 0.500. The van der Waals surface area contributed by atoms with Crippen molar-refractivity contribution >= 4 is 27.5 Å². The van der Waals surface area contributed by atoms with Gasteiger partial charge in [-0.15, -0.1) is 0 Å². The molecule has 0 saturated carbocycles. The highest BCUT2D eigenvalue weighted by atomic mass is 79.9. The quantitative estimate of drug-likeness (QED) is 0.710. The van der Waals surface area contributed by atoms with E-state index in [1.54, 1.807) is 6.07 Å². The maximum atomic E-state index is 6.09. The summed E-state index contributed by atoms with van der Waals surface area (Å²) in [6.45, 7) is 5.31. The molecule has 0 N–H and O–H groups in total. The molecule has 0 spiro atoms. The zero-order valence-corrected chi connectivity index (χ0v) is 11.9. The van der Waals surface area contributed by atoms with Crippen LogP contribution in [0.15, 0.2) is 16.6 Å². The highest BCUT2D eigenvalue weighted by Crippen LogP contribution is 2.38. The average Bonchev–Trinajstić information content (AvgIpc) is 2.23. The highest BCUT2D eigenvalue weighted by molar-refractivity contribution is 9.10. The van der Waals surface area contributed by atoms with E-state index in [4.69, 9.17) is 21.1 Å². The van der Waals surface area contributed by atoms with Crippen molar-refractivity contribution in [3.63, 3.8) is 0 Å². The lowest BCUT2D eigenvalue weighted by molar-refractivity contribution is 0.272. The molecule has 0 aliphatic heterocycles. The zero-order chi connectivity index (χ0) is 12.0. The van der Waals surface area contributed by atoms with Crippen molar-refractivity contribution in [3.05, 3.63) is 21.6 Å². The van der Waals surface area contributed by atoms with Gasteiger partial charge in [-0.2, -0.15) is 0 Å².